The number of hydrogen-bond acceptors (Lipinski definition) is 5. The van der Waals surface area contributed by atoms with Crippen molar-refractivity contribution in [3.63, 3.8) is 0 Å². The van der Waals surface area contributed by atoms with Gasteiger partial charge in [0, 0.05) is 12.3 Å². The summed E-state index contributed by atoms with van der Waals surface area (Å²) >= 11 is 6.21. The molecule has 0 spiro atoms. The second kappa shape index (κ2) is 8.41. The van der Waals surface area contributed by atoms with Gasteiger partial charge in [0.25, 0.3) is 21.8 Å². The number of H-pyrrole nitrogens is 1. The number of rotatable bonds is 5. The van der Waals surface area contributed by atoms with Crippen LogP contribution in [0.15, 0.2) is 64.4 Å². The van der Waals surface area contributed by atoms with Crippen molar-refractivity contribution in [3.8, 4) is 0 Å². The molecule has 2 amide bonds. The van der Waals surface area contributed by atoms with Crippen LogP contribution in [0.1, 0.15) is 52.6 Å². The summed E-state index contributed by atoms with van der Waals surface area (Å²) < 4.78 is 28.5. The first kappa shape index (κ1) is 23.7. The maximum Gasteiger partial charge on any atom is 0.264 e. The van der Waals surface area contributed by atoms with Crippen molar-refractivity contribution in [2.75, 3.05) is 4.72 Å². The average Bonchev–Trinajstić information content (AvgIpc) is 3.02. The predicted molar refractivity (Wildman–Crippen MR) is 129 cm³/mol. The lowest BCUT2D eigenvalue weighted by Gasteiger charge is -2.19. The molecular weight excluding hydrogens is 478 g/mol. The molecule has 0 bridgehead atoms. The molecule has 10 heteroatoms. The molecule has 1 aliphatic rings. The van der Waals surface area contributed by atoms with Gasteiger partial charge in [0.15, 0.2) is 0 Å². The minimum atomic E-state index is -4.05. The molecule has 1 aliphatic heterocycles. The van der Waals surface area contributed by atoms with Crippen molar-refractivity contribution in [3.05, 3.63) is 92.4 Å². The molecule has 0 aliphatic carbocycles. The minimum Gasteiger partial charge on any atom is -0.329 e. The summed E-state index contributed by atoms with van der Waals surface area (Å²) in [6.07, 6.45) is 1.40. The van der Waals surface area contributed by atoms with E-state index in [1.807, 2.05) is 20.8 Å². The van der Waals surface area contributed by atoms with Crippen LogP contribution in [0.4, 0.5) is 5.69 Å². The van der Waals surface area contributed by atoms with Gasteiger partial charge in [-0.25, -0.2) is 8.42 Å². The highest BCUT2D eigenvalue weighted by Gasteiger charge is 2.40. The number of aromatic nitrogens is 1. The third-order valence-electron chi connectivity index (χ3n) is 5.54. The van der Waals surface area contributed by atoms with E-state index in [9.17, 15) is 22.8 Å². The highest BCUT2D eigenvalue weighted by Crippen LogP contribution is 2.36. The predicted octanol–water partition coefficient (Wildman–Crippen LogP) is 3.92. The van der Waals surface area contributed by atoms with Crippen molar-refractivity contribution in [1.82, 2.24) is 9.88 Å². The van der Waals surface area contributed by atoms with Gasteiger partial charge < -0.3 is 4.98 Å². The van der Waals surface area contributed by atoms with Gasteiger partial charge in [-0.2, -0.15) is 0 Å². The number of hydrogen-bond donors (Lipinski definition) is 2. The molecule has 176 valence electrons. The maximum absolute atomic E-state index is 13.2. The Balaban J connectivity index is 1.68. The number of sulfonamides is 1. The van der Waals surface area contributed by atoms with Crippen LogP contribution in [0, 0.1) is 0 Å². The Bertz CT molecular complexity index is 1450. The molecule has 8 nitrogen and oxygen atoms in total. The zero-order valence-corrected chi connectivity index (χ0v) is 20.3. The first-order valence-electron chi connectivity index (χ1n) is 10.4. The van der Waals surface area contributed by atoms with E-state index >= 15 is 0 Å². The molecule has 3 aromatic rings. The van der Waals surface area contributed by atoms with E-state index in [0.717, 1.165) is 10.5 Å². The quantitative estimate of drug-likeness (QED) is 0.516. The smallest absolute Gasteiger partial charge is 0.264 e. The number of benzene rings is 2. The van der Waals surface area contributed by atoms with Gasteiger partial charge in [0.1, 0.15) is 0 Å². The fourth-order valence-electron chi connectivity index (χ4n) is 3.66. The van der Waals surface area contributed by atoms with Gasteiger partial charge >= 0.3 is 0 Å². The van der Waals surface area contributed by atoms with E-state index in [0.29, 0.717) is 5.56 Å². The molecule has 2 aromatic carbocycles. The maximum atomic E-state index is 13.2. The lowest BCUT2D eigenvalue weighted by molar-refractivity contribution is 0.0642. The van der Waals surface area contributed by atoms with Crippen molar-refractivity contribution in [2.45, 2.75) is 37.6 Å². The highest BCUT2D eigenvalue weighted by atomic mass is 35.5. The molecule has 0 saturated carbocycles. The zero-order valence-electron chi connectivity index (χ0n) is 18.7. The van der Waals surface area contributed by atoms with E-state index in [-0.39, 0.29) is 44.3 Å². The second-order valence-electron chi connectivity index (χ2n) is 8.98. The van der Waals surface area contributed by atoms with Crippen molar-refractivity contribution >= 4 is 39.1 Å². The monoisotopic (exact) mass is 499 g/mol. The van der Waals surface area contributed by atoms with E-state index in [1.165, 1.54) is 42.6 Å². The summed E-state index contributed by atoms with van der Waals surface area (Å²) in [5, 5.41) is 0.0368. The fraction of sp³-hybridized carbons (Fsp3) is 0.208. The van der Waals surface area contributed by atoms with Crippen molar-refractivity contribution < 1.29 is 18.0 Å². The van der Waals surface area contributed by atoms with E-state index in [1.54, 1.807) is 12.1 Å². The van der Waals surface area contributed by atoms with Crippen LogP contribution in [-0.4, -0.2) is 30.1 Å². The largest absolute Gasteiger partial charge is 0.329 e. The molecule has 34 heavy (non-hydrogen) atoms. The van der Waals surface area contributed by atoms with Gasteiger partial charge in [-0.05, 0) is 40.8 Å². The molecule has 4 rings (SSSR count). The molecule has 1 aromatic heterocycles. The number of imide groups is 1. The highest BCUT2D eigenvalue weighted by molar-refractivity contribution is 7.92. The Morgan fingerprint density at radius 2 is 1.56 bits per heavy atom. The van der Waals surface area contributed by atoms with Crippen LogP contribution < -0.4 is 10.3 Å². The number of nitrogens with one attached hydrogen (secondary N) is 2. The minimum absolute atomic E-state index is 0.0195. The fourth-order valence-corrected chi connectivity index (χ4v) is 4.97. The lowest BCUT2D eigenvalue weighted by atomic mass is 9.87. The van der Waals surface area contributed by atoms with Gasteiger partial charge in [0.2, 0.25) is 5.56 Å². The molecule has 0 radical (unpaired) electrons. The summed E-state index contributed by atoms with van der Waals surface area (Å²) in [7, 11) is -4.05. The number of carbonyl (C=O) groups excluding carboxylic acids is 2. The summed E-state index contributed by atoms with van der Waals surface area (Å²) in [6.45, 7) is 5.95. The Morgan fingerprint density at radius 3 is 2.15 bits per heavy atom. The second-order valence-corrected chi connectivity index (χ2v) is 11.1. The Morgan fingerprint density at radius 1 is 0.912 bits per heavy atom. The number of pyridine rings is 1. The topological polar surface area (TPSA) is 116 Å². The van der Waals surface area contributed by atoms with Crippen LogP contribution in [-0.2, 0) is 22.0 Å². The van der Waals surface area contributed by atoms with E-state index in [4.69, 9.17) is 11.6 Å². The first-order valence-corrected chi connectivity index (χ1v) is 12.2. The van der Waals surface area contributed by atoms with E-state index in [2.05, 4.69) is 9.71 Å². The normalized spacial score (nSPS) is 13.8. The van der Waals surface area contributed by atoms with Crippen LogP contribution >= 0.6 is 11.6 Å². The van der Waals surface area contributed by atoms with Gasteiger partial charge in [-0.15, -0.1) is 0 Å². The first-order chi connectivity index (χ1) is 15.9. The SMILES string of the molecule is CC(C)(C)c1ccc(S(=O)(=O)Nc2ccc(Cl)c3c2C(=O)N(Cc2ccc(=O)[nH]c2)C3=O)cc1. The molecule has 0 unspecified atom stereocenters. The van der Waals surface area contributed by atoms with Gasteiger partial charge in [-0.3, -0.25) is 24.0 Å². The van der Waals surface area contributed by atoms with Crippen LogP contribution in [0.25, 0.3) is 0 Å². The van der Waals surface area contributed by atoms with Crippen LogP contribution in [0.5, 0.6) is 0 Å². The van der Waals surface area contributed by atoms with E-state index < -0.39 is 21.8 Å². The Labute approximate surface area is 201 Å². The summed E-state index contributed by atoms with van der Waals surface area (Å²) in [5.41, 5.74) is 0.803. The third-order valence-corrected chi connectivity index (χ3v) is 7.23. The number of anilines is 1. The average molecular weight is 500 g/mol. The Kier molecular flexibility index (Phi) is 5.87. The van der Waals surface area contributed by atoms with Gasteiger partial charge in [0.05, 0.1) is 33.3 Å². The molecule has 0 atom stereocenters. The molecular formula is C24H22ClN3O5S. The molecule has 0 fully saturated rings. The summed E-state index contributed by atoms with van der Waals surface area (Å²) in [6, 6.07) is 12.0. The van der Waals surface area contributed by atoms with Gasteiger partial charge in [-0.1, -0.05) is 50.6 Å². The number of fused-ring (bicyclic) bond motifs is 1. The molecule has 0 saturated heterocycles. The van der Waals surface area contributed by atoms with Crippen molar-refractivity contribution in [1.29, 1.82) is 0 Å². The zero-order chi connectivity index (χ0) is 24.8. The lowest BCUT2D eigenvalue weighted by Crippen LogP contribution is -2.29. The van der Waals surface area contributed by atoms with Crippen molar-refractivity contribution in [2.24, 2.45) is 0 Å². The van der Waals surface area contributed by atoms with Crippen LogP contribution in [0.3, 0.4) is 0 Å². The summed E-state index contributed by atoms with van der Waals surface area (Å²) in [5.74, 6) is -1.33. The number of amides is 2. The number of carbonyl (C=O) groups is 2. The molecule has 2 N–H and O–H groups in total. The standard InChI is InChI=1S/C24H22ClN3O5S/c1-24(2,3)15-5-7-16(8-6-15)34(32,33)27-18-10-9-17(25)20-21(18)23(31)28(22(20)30)13-14-4-11-19(29)26-12-14/h4-12,27H,13H2,1-3H3,(H,26,29). The Hall–Kier alpha value is -3.43. The number of halogens is 1. The molecule has 2 heterocycles. The number of nitrogens with zero attached hydrogens (tertiary/aromatic N) is 1. The summed E-state index contributed by atoms with van der Waals surface area (Å²) in [4.78, 5) is 40.9. The van der Waals surface area contributed by atoms with Crippen LogP contribution in [0.2, 0.25) is 5.02 Å². The third kappa shape index (κ3) is 4.36. The number of aromatic amines is 1.